The topological polar surface area (TPSA) is 120 Å². The van der Waals surface area contributed by atoms with Crippen molar-refractivity contribution in [3.05, 3.63) is 65.7 Å². The Hall–Kier alpha value is -3.88. The van der Waals surface area contributed by atoms with E-state index in [1.807, 2.05) is 56.3 Å². The lowest BCUT2D eigenvalue weighted by atomic mass is 10.0. The molecule has 212 valence electrons. The molecule has 9 heteroatoms. The summed E-state index contributed by atoms with van der Waals surface area (Å²) in [6.07, 6.45) is 1.95. The number of hydrogen-bond acceptors (Lipinski definition) is 7. The molecule has 0 aliphatic heterocycles. The van der Waals surface area contributed by atoms with Crippen molar-refractivity contribution < 1.29 is 33.4 Å². The molecule has 0 aliphatic rings. The van der Waals surface area contributed by atoms with Crippen molar-refractivity contribution in [3.8, 4) is 5.75 Å². The van der Waals surface area contributed by atoms with Crippen LogP contribution in [0.1, 0.15) is 57.1 Å². The average Bonchev–Trinajstić information content (AvgIpc) is 2.93. The first kappa shape index (κ1) is 31.3. The van der Waals surface area contributed by atoms with Gasteiger partial charge >= 0.3 is 11.9 Å². The number of carbonyl (C=O) groups excluding carboxylic acids is 4. The third kappa shape index (κ3) is 12.0. The molecule has 2 rings (SSSR count). The second-order valence-electron chi connectivity index (χ2n) is 9.74. The van der Waals surface area contributed by atoms with Gasteiger partial charge < -0.3 is 24.8 Å². The highest BCUT2D eigenvalue weighted by Gasteiger charge is 2.28. The Bertz CT molecular complexity index is 1050. The summed E-state index contributed by atoms with van der Waals surface area (Å²) >= 11 is 0. The number of esters is 2. The van der Waals surface area contributed by atoms with Crippen LogP contribution in [0, 0.1) is 5.92 Å². The predicted molar refractivity (Wildman–Crippen MR) is 147 cm³/mol. The Morgan fingerprint density at radius 2 is 1.46 bits per heavy atom. The smallest absolute Gasteiger partial charge is 0.328 e. The van der Waals surface area contributed by atoms with Gasteiger partial charge in [0.2, 0.25) is 11.8 Å². The molecule has 2 atom stereocenters. The minimum Gasteiger partial charge on any atom is -0.497 e. The Labute approximate surface area is 230 Å². The van der Waals surface area contributed by atoms with Crippen LogP contribution in [0.15, 0.2) is 54.6 Å². The first-order valence-corrected chi connectivity index (χ1v) is 13.2. The van der Waals surface area contributed by atoms with Crippen molar-refractivity contribution in [2.75, 3.05) is 14.2 Å². The number of ether oxygens (including phenoxy) is 3. The van der Waals surface area contributed by atoms with Crippen molar-refractivity contribution in [3.63, 3.8) is 0 Å². The summed E-state index contributed by atoms with van der Waals surface area (Å²) < 4.78 is 15.3. The van der Waals surface area contributed by atoms with Crippen LogP contribution in [-0.2, 0) is 41.7 Å². The van der Waals surface area contributed by atoms with Gasteiger partial charge in [-0.3, -0.25) is 14.4 Å². The Kier molecular flexibility index (Phi) is 13.5. The number of nitrogens with one attached hydrogen (secondary N) is 2. The molecule has 9 nitrogen and oxygen atoms in total. The zero-order valence-electron chi connectivity index (χ0n) is 23.2. The predicted octanol–water partition coefficient (Wildman–Crippen LogP) is 3.73. The fraction of sp³-hybridized carbons (Fsp3) is 0.467. The number of methoxy groups -OCH3 is 2. The van der Waals surface area contributed by atoms with Crippen LogP contribution in [0.25, 0.3) is 0 Å². The molecule has 0 fully saturated rings. The molecule has 0 heterocycles. The highest BCUT2D eigenvalue weighted by Crippen LogP contribution is 2.14. The van der Waals surface area contributed by atoms with Crippen LogP contribution < -0.4 is 15.4 Å². The number of carbonyl (C=O) groups is 4. The van der Waals surface area contributed by atoms with E-state index in [0.717, 1.165) is 11.1 Å². The molecule has 0 aromatic heterocycles. The quantitative estimate of drug-likeness (QED) is 0.246. The largest absolute Gasteiger partial charge is 0.497 e. The summed E-state index contributed by atoms with van der Waals surface area (Å²) in [4.78, 5) is 50.4. The first-order chi connectivity index (χ1) is 18.7. The van der Waals surface area contributed by atoms with Gasteiger partial charge in [-0.15, -0.1) is 0 Å². The van der Waals surface area contributed by atoms with Crippen molar-refractivity contribution in [2.45, 2.75) is 71.1 Å². The molecule has 2 amide bonds. The van der Waals surface area contributed by atoms with Crippen LogP contribution in [0.4, 0.5) is 0 Å². The van der Waals surface area contributed by atoms with E-state index >= 15 is 0 Å². The van der Waals surface area contributed by atoms with Crippen LogP contribution in [-0.4, -0.2) is 50.1 Å². The monoisotopic (exact) mass is 540 g/mol. The molecular formula is C30H40N2O7. The Balaban J connectivity index is 2.09. The zero-order valence-corrected chi connectivity index (χ0v) is 23.2. The lowest BCUT2D eigenvalue weighted by Crippen LogP contribution is -2.53. The van der Waals surface area contributed by atoms with Gasteiger partial charge in [0.15, 0.2) is 0 Å². The summed E-state index contributed by atoms with van der Waals surface area (Å²) in [7, 11) is 2.89. The van der Waals surface area contributed by atoms with Crippen LogP contribution >= 0.6 is 0 Å². The molecule has 2 aromatic carbocycles. The van der Waals surface area contributed by atoms with Crippen LogP contribution in [0.3, 0.4) is 0 Å². The lowest BCUT2D eigenvalue weighted by Gasteiger charge is -2.24. The van der Waals surface area contributed by atoms with Gasteiger partial charge in [-0.05, 0) is 48.4 Å². The van der Waals surface area contributed by atoms with E-state index in [-0.39, 0.29) is 43.7 Å². The summed E-state index contributed by atoms with van der Waals surface area (Å²) in [6.45, 7) is 4.00. The Morgan fingerprint density at radius 1 is 0.795 bits per heavy atom. The van der Waals surface area contributed by atoms with Gasteiger partial charge in [-0.1, -0.05) is 56.3 Å². The van der Waals surface area contributed by atoms with Gasteiger partial charge in [0.25, 0.3) is 0 Å². The SMILES string of the molecule is COC(=O)CCCCC(=O)N[C@@H](Cc1ccc(OC)cc1)C(=O)N[C@@H](CC(C)C)C(=O)OCc1ccccc1. The fourth-order valence-corrected chi connectivity index (χ4v) is 3.92. The third-order valence-electron chi connectivity index (χ3n) is 6.05. The molecule has 0 saturated carbocycles. The second kappa shape index (κ2) is 16.9. The normalized spacial score (nSPS) is 12.2. The van der Waals surface area contributed by atoms with Gasteiger partial charge in [0.05, 0.1) is 14.2 Å². The number of rotatable bonds is 16. The third-order valence-corrected chi connectivity index (χ3v) is 6.05. The average molecular weight is 541 g/mol. The Morgan fingerprint density at radius 3 is 2.08 bits per heavy atom. The highest BCUT2D eigenvalue weighted by atomic mass is 16.5. The zero-order chi connectivity index (χ0) is 28.6. The molecule has 39 heavy (non-hydrogen) atoms. The fourth-order valence-electron chi connectivity index (χ4n) is 3.92. The van der Waals surface area contributed by atoms with Gasteiger partial charge in [-0.2, -0.15) is 0 Å². The maximum absolute atomic E-state index is 13.4. The molecule has 0 bridgehead atoms. The number of unbranched alkanes of at least 4 members (excludes halogenated alkanes) is 1. The molecule has 2 aromatic rings. The minimum absolute atomic E-state index is 0.0989. The van der Waals surface area contributed by atoms with Crippen molar-refractivity contribution in [1.82, 2.24) is 10.6 Å². The number of amides is 2. The van der Waals surface area contributed by atoms with Gasteiger partial charge in [0, 0.05) is 19.3 Å². The van der Waals surface area contributed by atoms with E-state index < -0.39 is 24.0 Å². The van der Waals surface area contributed by atoms with Gasteiger partial charge in [0.1, 0.15) is 24.4 Å². The maximum atomic E-state index is 13.4. The summed E-state index contributed by atoms with van der Waals surface area (Å²) in [6, 6.07) is 14.7. The van der Waals surface area contributed by atoms with Crippen LogP contribution in [0.2, 0.25) is 0 Å². The highest BCUT2D eigenvalue weighted by molar-refractivity contribution is 5.91. The molecular weight excluding hydrogens is 500 g/mol. The lowest BCUT2D eigenvalue weighted by molar-refractivity contribution is -0.150. The molecule has 0 spiro atoms. The summed E-state index contributed by atoms with van der Waals surface area (Å²) in [5.74, 6) is -0.867. The first-order valence-electron chi connectivity index (χ1n) is 13.2. The van der Waals surface area contributed by atoms with Crippen molar-refractivity contribution in [2.24, 2.45) is 5.92 Å². The molecule has 0 saturated heterocycles. The second-order valence-corrected chi connectivity index (χ2v) is 9.74. The van der Waals surface area contributed by atoms with E-state index in [0.29, 0.717) is 25.0 Å². The van der Waals surface area contributed by atoms with Crippen molar-refractivity contribution in [1.29, 1.82) is 0 Å². The minimum atomic E-state index is -0.914. The van der Waals surface area contributed by atoms with E-state index in [1.165, 1.54) is 7.11 Å². The van der Waals surface area contributed by atoms with Gasteiger partial charge in [-0.25, -0.2) is 4.79 Å². The molecule has 0 unspecified atom stereocenters. The van der Waals surface area contributed by atoms with Crippen molar-refractivity contribution >= 4 is 23.8 Å². The van der Waals surface area contributed by atoms with E-state index in [4.69, 9.17) is 9.47 Å². The van der Waals surface area contributed by atoms with E-state index in [2.05, 4.69) is 15.4 Å². The van der Waals surface area contributed by atoms with Crippen LogP contribution in [0.5, 0.6) is 5.75 Å². The molecule has 2 N–H and O–H groups in total. The number of hydrogen-bond donors (Lipinski definition) is 2. The standard InChI is InChI=1S/C30H40N2O7/c1-21(2)18-26(30(36)39-20-23-10-6-5-7-11-23)32-29(35)25(19-22-14-16-24(37-3)17-15-22)31-27(33)12-8-9-13-28(34)38-4/h5-7,10-11,14-17,21,25-26H,8-9,12-13,18-20H2,1-4H3,(H,31,33)(H,32,35)/t25-,26-/m0/s1. The molecule has 0 aliphatic carbocycles. The maximum Gasteiger partial charge on any atom is 0.328 e. The summed E-state index contributed by atoms with van der Waals surface area (Å²) in [5, 5.41) is 5.61. The molecule has 0 radical (unpaired) electrons. The van der Waals surface area contributed by atoms with E-state index in [9.17, 15) is 19.2 Å². The number of benzene rings is 2. The van der Waals surface area contributed by atoms with E-state index in [1.54, 1.807) is 19.2 Å². The summed E-state index contributed by atoms with van der Waals surface area (Å²) in [5.41, 5.74) is 1.66.